The van der Waals surface area contributed by atoms with Crippen molar-refractivity contribution in [2.75, 3.05) is 42.9 Å². The summed E-state index contributed by atoms with van der Waals surface area (Å²) >= 11 is 0. The largest absolute Gasteiger partial charge is 0.371 e. The molecule has 1 atom stereocenters. The van der Waals surface area contributed by atoms with Crippen molar-refractivity contribution in [2.24, 2.45) is 0 Å². The number of rotatable bonds is 4. The van der Waals surface area contributed by atoms with E-state index in [2.05, 4.69) is 10.2 Å². The number of anilines is 2. The quantitative estimate of drug-likeness (QED) is 0.891. The molecule has 19 heavy (non-hydrogen) atoms. The van der Waals surface area contributed by atoms with E-state index < -0.39 is 15.3 Å². The van der Waals surface area contributed by atoms with Crippen LogP contribution >= 0.6 is 0 Å². The van der Waals surface area contributed by atoms with Gasteiger partial charge in [-0.05, 0) is 26.1 Å². The molecule has 0 aromatic heterocycles. The molecule has 5 nitrogen and oxygen atoms in total. The van der Waals surface area contributed by atoms with Crippen LogP contribution in [-0.4, -0.2) is 47.4 Å². The van der Waals surface area contributed by atoms with Crippen LogP contribution in [0.3, 0.4) is 0 Å². The van der Waals surface area contributed by atoms with Crippen molar-refractivity contribution in [3.05, 3.63) is 24.3 Å². The van der Waals surface area contributed by atoms with Crippen molar-refractivity contribution in [2.45, 2.75) is 12.2 Å². The minimum Gasteiger partial charge on any atom is -0.371 e. The Morgan fingerprint density at radius 2 is 1.89 bits per heavy atom. The maximum absolute atomic E-state index is 12.6. The number of likely N-dealkylation sites (N-methyl/N-ethyl adjacent to an activating group) is 1. The normalized spacial score (nSPS) is 17.2. The second-order valence-electron chi connectivity index (χ2n) is 4.90. The van der Waals surface area contributed by atoms with Crippen LogP contribution in [0.25, 0.3) is 0 Å². The Morgan fingerprint density at radius 3 is 2.53 bits per heavy atom. The molecular weight excluding hydrogens is 262 g/mol. The van der Waals surface area contributed by atoms with Crippen molar-refractivity contribution in [3.8, 4) is 0 Å². The number of nitrogens with one attached hydrogen (secondary N) is 1. The molecule has 1 unspecified atom stereocenters. The van der Waals surface area contributed by atoms with Crippen LogP contribution in [-0.2, 0) is 10.0 Å². The summed E-state index contributed by atoms with van der Waals surface area (Å²) in [5.41, 5.74) is 1.74. The summed E-state index contributed by atoms with van der Waals surface area (Å²) in [6.45, 7) is 3.41. The van der Waals surface area contributed by atoms with Crippen molar-refractivity contribution >= 4 is 21.4 Å². The van der Waals surface area contributed by atoms with Crippen molar-refractivity contribution in [3.63, 3.8) is 0 Å². The molecule has 2 rings (SSSR count). The second-order valence-corrected chi connectivity index (χ2v) is 7.17. The molecule has 1 aromatic rings. The average molecular weight is 283 g/mol. The Balaban J connectivity index is 2.40. The summed E-state index contributed by atoms with van der Waals surface area (Å²) in [5.74, 6) is 0. The smallest absolute Gasteiger partial charge is 0.239 e. The molecule has 1 N–H and O–H groups in total. The number of fused-ring (bicyclic) bond motifs is 1. The average Bonchev–Trinajstić information content (AvgIpc) is 2.39. The van der Waals surface area contributed by atoms with Gasteiger partial charge in [0.25, 0.3) is 0 Å². The van der Waals surface area contributed by atoms with E-state index in [0.29, 0.717) is 19.6 Å². The van der Waals surface area contributed by atoms with Gasteiger partial charge < -0.3 is 10.2 Å². The maximum atomic E-state index is 12.6. The van der Waals surface area contributed by atoms with E-state index >= 15 is 0 Å². The Kier molecular flexibility index (Phi) is 4.01. The van der Waals surface area contributed by atoms with Gasteiger partial charge >= 0.3 is 0 Å². The molecule has 0 saturated heterocycles. The highest BCUT2D eigenvalue weighted by Gasteiger charge is 2.32. The zero-order valence-electron chi connectivity index (χ0n) is 11.6. The molecule has 0 radical (unpaired) electrons. The fourth-order valence-electron chi connectivity index (χ4n) is 2.35. The zero-order chi connectivity index (χ0) is 14.0. The molecule has 106 valence electrons. The topological polar surface area (TPSA) is 52.7 Å². The summed E-state index contributed by atoms with van der Waals surface area (Å²) in [6, 6.07) is 7.64. The molecule has 6 heteroatoms. The third kappa shape index (κ3) is 2.55. The Morgan fingerprint density at radius 1 is 1.26 bits per heavy atom. The molecular formula is C13H21N3O2S. The number of para-hydroxylation sites is 2. The first-order chi connectivity index (χ1) is 8.98. The number of nitrogens with zero attached hydrogens (tertiary/aromatic N) is 2. The van der Waals surface area contributed by atoms with Crippen LogP contribution < -0.4 is 14.5 Å². The van der Waals surface area contributed by atoms with Gasteiger partial charge in [0.05, 0.1) is 23.2 Å². The maximum Gasteiger partial charge on any atom is 0.239 e. The Hall–Kier alpha value is -1.27. The highest BCUT2D eigenvalue weighted by Crippen LogP contribution is 2.34. The molecule has 1 aliphatic heterocycles. The van der Waals surface area contributed by atoms with E-state index in [1.54, 1.807) is 18.3 Å². The first-order valence-corrected chi connectivity index (χ1v) is 7.95. The number of benzene rings is 1. The van der Waals surface area contributed by atoms with E-state index in [9.17, 15) is 8.42 Å². The van der Waals surface area contributed by atoms with Gasteiger partial charge in [0.1, 0.15) is 0 Å². The highest BCUT2D eigenvalue weighted by molar-refractivity contribution is 7.93. The third-order valence-corrected chi connectivity index (χ3v) is 5.68. The lowest BCUT2D eigenvalue weighted by Crippen LogP contribution is -2.47. The van der Waals surface area contributed by atoms with E-state index in [4.69, 9.17) is 0 Å². The lowest BCUT2D eigenvalue weighted by atomic mass is 10.2. The second kappa shape index (κ2) is 5.38. The number of hydrogen-bond acceptors (Lipinski definition) is 4. The van der Waals surface area contributed by atoms with Crippen molar-refractivity contribution < 1.29 is 8.42 Å². The van der Waals surface area contributed by atoms with E-state index in [1.807, 2.05) is 31.3 Å². The molecule has 1 heterocycles. The number of hydrogen-bond donors (Lipinski definition) is 1. The zero-order valence-corrected chi connectivity index (χ0v) is 12.4. The lowest BCUT2D eigenvalue weighted by molar-refractivity contribution is 0.571. The van der Waals surface area contributed by atoms with Gasteiger partial charge in [0.2, 0.25) is 10.0 Å². The van der Waals surface area contributed by atoms with Gasteiger partial charge in [-0.2, -0.15) is 0 Å². The van der Waals surface area contributed by atoms with Crippen LogP contribution in [0.2, 0.25) is 0 Å². The van der Waals surface area contributed by atoms with Crippen LogP contribution in [0.4, 0.5) is 11.4 Å². The molecule has 0 bridgehead atoms. The first kappa shape index (κ1) is 14.1. The molecule has 0 fully saturated rings. The lowest BCUT2D eigenvalue weighted by Gasteiger charge is -2.37. The summed E-state index contributed by atoms with van der Waals surface area (Å²) in [7, 11) is 0.437. The van der Waals surface area contributed by atoms with Crippen LogP contribution in [0.15, 0.2) is 24.3 Å². The fourth-order valence-corrected chi connectivity index (χ4v) is 3.93. The van der Waals surface area contributed by atoms with Crippen LogP contribution in [0.5, 0.6) is 0 Å². The first-order valence-electron chi connectivity index (χ1n) is 6.44. The van der Waals surface area contributed by atoms with Gasteiger partial charge in [0, 0.05) is 20.1 Å². The summed E-state index contributed by atoms with van der Waals surface area (Å²) in [6.07, 6.45) is 0. The molecule has 0 amide bonds. The van der Waals surface area contributed by atoms with E-state index in [1.165, 1.54) is 0 Å². The Bertz CT molecular complexity index is 545. The molecule has 0 aliphatic carbocycles. The van der Waals surface area contributed by atoms with Gasteiger partial charge in [-0.1, -0.05) is 12.1 Å². The van der Waals surface area contributed by atoms with Gasteiger partial charge in [-0.25, -0.2) is 8.42 Å². The van der Waals surface area contributed by atoms with Crippen molar-refractivity contribution in [1.82, 2.24) is 5.32 Å². The van der Waals surface area contributed by atoms with E-state index in [0.717, 1.165) is 11.4 Å². The third-order valence-electron chi connectivity index (χ3n) is 3.51. The van der Waals surface area contributed by atoms with E-state index in [-0.39, 0.29) is 0 Å². The fraction of sp³-hybridized carbons (Fsp3) is 0.538. The minimum atomic E-state index is -3.32. The molecule has 1 aromatic carbocycles. The Labute approximate surface area is 115 Å². The highest BCUT2D eigenvalue weighted by atomic mass is 32.2. The molecule has 0 spiro atoms. The summed E-state index contributed by atoms with van der Waals surface area (Å²) < 4.78 is 26.8. The molecule has 1 aliphatic rings. The predicted molar refractivity (Wildman–Crippen MR) is 79.4 cm³/mol. The molecule has 0 saturated carbocycles. The van der Waals surface area contributed by atoms with Crippen LogP contribution in [0.1, 0.15) is 6.92 Å². The SMILES string of the molecule is CNCC(C)S(=O)(=O)N1CCN(C)c2ccccc21. The van der Waals surface area contributed by atoms with Gasteiger partial charge in [0.15, 0.2) is 0 Å². The minimum absolute atomic E-state index is 0.436. The van der Waals surface area contributed by atoms with Gasteiger partial charge in [-0.3, -0.25) is 4.31 Å². The van der Waals surface area contributed by atoms with Crippen molar-refractivity contribution in [1.29, 1.82) is 0 Å². The number of sulfonamides is 1. The predicted octanol–water partition coefficient (Wildman–Crippen LogP) is 0.881. The van der Waals surface area contributed by atoms with Gasteiger partial charge in [-0.15, -0.1) is 0 Å². The summed E-state index contributed by atoms with van der Waals surface area (Å²) in [5, 5.41) is 2.49. The summed E-state index contributed by atoms with van der Waals surface area (Å²) in [4.78, 5) is 2.09. The van der Waals surface area contributed by atoms with Crippen LogP contribution in [0, 0.1) is 0 Å². The standard InChI is InChI=1S/C13H21N3O2S/c1-11(10-14-2)19(17,18)16-9-8-15(3)12-6-4-5-7-13(12)16/h4-7,11,14H,8-10H2,1-3H3. The monoisotopic (exact) mass is 283 g/mol.